The average Bonchev–Trinajstić information content (AvgIpc) is 2.36. The summed E-state index contributed by atoms with van der Waals surface area (Å²) in [7, 11) is 4.06. The van der Waals surface area contributed by atoms with Crippen LogP contribution in [0.4, 0.5) is 0 Å². The van der Waals surface area contributed by atoms with Crippen LogP contribution in [-0.4, -0.2) is 38.0 Å². The quantitative estimate of drug-likeness (QED) is 0.748. The van der Waals surface area contributed by atoms with Crippen LogP contribution in [0.1, 0.15) is 18.4 Å². The van der Waals surface area contributed by atoms with Crippen molar-refractivity contribution in [2.75, 3.05) is 27.2 Å². The minimum Gasteiger partial charge on any atom is -0.356 e. The molecule has 0 spiro atoms. The van der Waals surface area contributed by atoms with E-state index in [2.05, 4.69) is 10.2 Å². The van der Waals surface area contributed by atoms with E-state index < -0.39 is 0 Å². The lowest BCUT2D eigenvalue weighted by Crippen LogP contribution is -2.26. The van der Waals surface area contributed by atoms with E-state index in [0.29, 0.717) is 6.42 Å². The maximum Gasteiger partial charge on any atom is 0.223 e. The lowest BCUT2D eigenvalue weighted by Gasteiger charge is -2.09. The molecule has 3 heteroatoms. The van der Waals surface area contributed by atoms with E-state index in [1.807, 2.05) is 56.6 Å². The second-order valence-corrected chi connectivity index (χ2v) is 4.52. The van der Waals surface area contributed by atoms with Gasteiger partial charge in [-0.3, -0.25) is 4.79 Å². The van der Waals surface area contributed by atoms with Gasteiger partial charge < -0.3 is 10.2 Å². The standard InChI is InChI=1S/C15H22N2O/c1-17(2)13-7-12-16-15(18)11-6-10-14-8-4-3-5-9-14/h3-6,8-10H,7,11-13H2,1-2H3,(H,16,18)/b10-6+. The SMILES string of the molecule is CN(C)CCCNC(=O)C/C=C/c1ccccc1. The highest BCUT2D eigenvalue weighted by atomic mass is 16.1. The Labute approximate surface area is 109 Å². The van der Waals surface area contributed by atoms with Gasteiger partial charge >= 0.3 is 0 Å². The Kier molecular flexibility index (Phi) is 6.81. The molecule has 0 aliphatic carbocycles. The summed E-state index contributed by atoms with van der Waals surface area (Å²) in [4.78, 5) is 13.6. The van der Waals surface area contributed by atoms with Crippen LogP contribution in [0.2, 0.25) is 0 Å². The van der Waals surface area contributed by atoms with Crippen LogP contribution in [0.25, 0.3) is 6.08 Å². The average molecular weight is 246 g/mol. The minimum absolute atomic E-state index is 0.0842. The number of carbonyl (C=O) groups excluding carboxylic acids is 1. The zero-order chi connectivity index (χ0) is 13.2. The van der Waals surface area contributed by atoms with Crippen LogP contribution in [0.5, 0.6) is 0 Å². The zero-order valence-electron chi connectivity index (χ0n) is 11.2. The number of benzene rings is 1. The van der Waals surface area contributed by atoms with Gasteiger partial charge in [-0.25, -0.2) is 0 Å². The maximum absolute atomic E-state index is 11.5. The van der Waals surface area contributed by atoms with Crippen LogP contribution in [-0.2, 0) is 4.79 Å². The molecule has 0 aliphatic rings. The number of nitrogens with zero attached hydrogens (tertiary/aromatic N) is 1. The third kappa shape index (κ3) is 6.86. The highest BCUT2D eigenvalue weighted by molar-refractivity contribution is 5.78. The Bertz CT molecular complexity index is 371. The molecule has 0 radical (unpaired) electrons. The Morgan fingerprint density at radius 2 is 2.00 bits per heavy atom. The van der Waals surface area contributed by atoms with Gasteiger partial charge in [0.25, 0.3) is 0 Å². The summed E-state index contributed by atoms with van der Waals surface area (Å²) in [5, 5.41) is 2.91. The fourth-order valence-corrected chi connectivity index (χ4v) is 1.56. The van der Waals surface area contributed by atoms with Gasteiger partial charge in [0.05, 0.1) is 0 Å². The number of hydrogen-bond donors (Lipinski definition) is 1. The molecule has 3 nitrogen and oxygen atoms in total. The first-order valence-corrected chi connectivity index (χ1v) is 6.31. The van der Waals surface area contributed by atoms with E-state index in [1.165, 1.54) is 0 Å². The second-order valence-electron chi connectivity index (χ2n) is 4.52. The van der Waals surface area contributed by atoms with Gasteiger partial charge in [0, 0.05) is 13.0 Å². The molecule has 98 valence electrons. The van der Waals surface area contributed by atoms with Gasteiger partial charge in [0.15, 0.2) is 0 Å². The van der Waals surface area contributed by atoms with Gasteiger partial charge in [-0.1, -0.05) is 42.5 Å². The summed E-state index contributed by atoms with van der Waals surface area (Å²) in [6.45, 7) is 1.75. The molecule has 1 amide bonds. The molecular weight excluding hydrogens is 224 g/mol. The predicted octanol–water partition coefficient (Wildman–Crippen LogP) is 2.16. The van der Waals surface area contributed by atoms with Crippen LogP contribution < -0.4 is 5.32 Å². The maximum atomic E-state index is 11.5. The summed E-state index contributed by atoms with van der Waals surface area (Å²) in [5.74, 6) is 0.0842. The normalized spacial score (nSPS) is 11.1. The van der Waals surface area contributed by atoms with Crippen molar-refractivity contribution in [2.24, 2.45) is 0 Å². The van der Waals surface area contributed by atoms with Gasteiger partial charge in [-0.05, 0) is 32.6 Å². The molecule has 1 aromatic rings. The summed E-state index contributed by atoms with van der Waals surface area (Å²) in [5.41, 5.74) is 1.12. The molecule has 1 rings (SSSR count). The van der Waals surface area contributed by atoms with Crippen molar-refractivity contribution in [1.82, 2.24) is 10.2 Å². The van der Waals surface area contributed by atoms with Crippen molar-refractivity contribution in [3.8, 4) is 0 Å². The molecule has 0 unspecified atom stereocenters. The molecule has 18 heavy (non-hydrogen) atoms. The first kappa shape index (κ1) is 14.5. The van der Waals surface area contributed by atoms with Crippen molar-refractivity contribution in [1.29, 1.82) is 0 Å². The van der Waals surface area contributed by atoms with Gasteiger partial charge in [0.2, 0.25) is 5.91 Å². The fraction of sp³-hybridized carbons (Fsp3) is 0.400. The van der Waals surface area contributed by atoms with E-state index in [1.54, 1.807) is 0 Å². The molecule has 1 N–H and O–H groups in total. The summed E-state index contributed by atoms with van der Waals surface area (Å²) in [6, 6.07) is 9.99. The van der Waals surface area contributed by atoms with E-state index in [0.717, 1.165) is 25.1 Å². The topological polar surface area (TPSA) is 32.3 Å². The Hall–Kier alpha value is -1.61. The van der Waals surface area contributed by atoms with E-state index in [4.69, 9.17) is 0 Å². The van der Waals surface area contributed by atoms with Crippen LogP contribution in [0, 0.1) is 0 Å². The third-order valence-corrected chi connectivity index (χ3v) is 2.52. The summed E-state index contributed by atoms with van der Waals surface area (Å²) < 4.78 is 0. The van der Waals surface area contributed by atoms with Crippen LogP contribution in [0.3, 0.4) is 0 Å². The van der Waals surface area contributed by atoms with E-state index in [9.17, 15) is 4.79 Å². The largest absolute Gasteiger partial charge is 0.356 e. The first-order valence-electron chi connectivity index (χ1n) is 6.31. The number of nitrogens with one attached hydrogen (secondary N) is 1. The lowest BCUT2D eigenvalue weighted by atomic mass is 10.2. The molecule has 0 atom stereocenters. The van der Waals surface area contributed by atoms with E-state index >= 15 is 0 Å². The predicted molar refractivity (Wildman–Crippen MR) is 76.3 cm³/mol. The number of carbonyl (C=O) groups is 1. The molecule has 0 bridgehead atoms. The molecule has 0 aliphatic heterocycles. The second kappa shape index (κ2) is 8.48. The van der Waals surface area contributed by atoms with Crippen molar-refractivity contribution in [3.63, 3.8) is 0 Å². The number of amides is 1. The molecule has 0 fully saturated rings. The highest BCUT2D eigenvalue weighted by Gasteiger charge is 1.97. The first-order chi connectivity index (χ1) is 8.68. The molecule has 1 aromatic carbocycles. The minimum atomic E-state index is 0.0842. The zero-order valence-corrected chi connectivity index (χ0v) is 11.2. The van der Waals surface area contributed by atoms with Crippen LogP contribution in [0.15, 0.2) is 36.4 Å². The summed E-state index contributed by atoms with van der Waals surface area (Å²) in [6.07, 6.45) is 5.30. The smallest absolute Gasteiger partial charge is 0.223 e. The van der Waals surface area contributed by atoms with Crippen molar-refractivity contribution in [2.45, 2.75) is 12.8 Å². The van der Waals surface area contributed by atoms with Gasteiger partial charge in [0.1, 0.15) is 0 Å². The summed E-state index contributed by atoms with van der Waals surface area (Å²) >= 11 is 0. The Balaban J connectivity index is 2.15. The van der Waals surface area contributed by atoms with Crippen molar-refractivity contribution < 1.29 is 4.79 Å². The Morgan fingerprint density at radius 1 is 1.28 bits per heavy atom. The lowest BCUT2D eigenvalue weighted by molar-refractivity contribution is -0.120. The highest BCUT2D eigenvalue weighted by Crippen LogP contribution is 2.01. The molecule has 0 heterocycles. The van der Waals surface area contributed by atoms with E-state index in [-0.39, 0.29) is 5.91 Å². The number of rotatable bonds is 7. The van der Waals surface area contributed by atoms with Crippen molar-refractivity contribution in [3.05, 3.63) is 42.0 Å². The Morgan fingerprint density at radius 3 is 2.67 bits per heavy atom. The molecule has 0 saturated heterocycles. The van der Waals surface area contributed by atoms with Gasteiger partial charge in [-0.15, -0.1) is 0 Å². The third-order valence-electron chi connectivity index (χ3n) is 2.52. The molecule has 0 aromatic heterocycles. The fourth-order valence-electron chi connectivity index (χ4n) is 1.56. The molecule has 0 saturated carbocycles. The van der Waals surface area contributed by atoms with Gasteiger partial charge in [-0.2, -0.15) is 0 Å². The number of hydrogen-bond acceptors (Lipinski definition) is 2. The van der Waals surface area contributed by atoms with Crippen LogP contribution >= 0.6 is 0 Å². The van der Waals surface area contributed by atoms with Crippen molar-refractivity contribution >= 4 is 12.0 Å². The monoisotopic (exact) mass is 246 g/mol. The molecular formula is C15H22N2O.